The smallest absolute Gasteiger partial charge is 0.416 e. The first-order valence-corrected chi connectivity index (χ1v) is 6.02. The van der Waals surface area contributed by atoms with Gasteiger partial charge in [-0.1, -0.05) is 20.8 Å². The van der Waals surface area contributed by atoms with Crippen LogP contribution in [0.1, 0.15) is 32.8 Å². The number of halogens is 3. The minimum Gasteiger partial charge on any atom is -0.478 e. The van der Waals surface area contributed by atoms with Gasteiger partial charge in [-0.25, -0.2) is 0 Å². The minimum absolute atomic E-state index is 0.0107. The predicted molar refractivity (Wildman–Crippen MR) is 68.4 cm³/mol. The summed E-state index contributed by atoms with van der Waals surface area (Å²) in [5.74, 6) is 0.129. The van der Waals surface area contributed by atoms with Crippen molar-refractivity contribution >= 4 is 5.82 Å². The lowest BCUT2D eigenvalue weighted by Gasteiger charge is -2.18. The molecule has 0 saturated heterocycles. The van der Waals surface area contributed by atoms with Crippen LogP contribution < -0.4 is 10.1 Å². The Kier molecular flexibility index (Phi) is 4.66. The van der Waals surface area contributed by atoms with E-state index in [1.165, 1.54) is 7.05 Å². The van der Waals surface area contributed by atoms with E-state index < -0.39 is 11.7 Å². The first-order chi connectivity index (χ1) is 8.62. The van der Waals surface area contributed by atoms with Crippen LogP contribution in [0, 0.1) is 5.41 Å². The molecule has 0 aliphatic carbocycles. The van der Waals surface area contributed by atoms with E-state index in [1.54, 1.807) is 0 Å². The van der Waals surface area contributed by atoms with Gasteiger partial charge in [0.2, 0.25) is 5.88 Å². The molecule has 1 rings (SSSR count). The second-order valence-corrected chi connectivity index (χ2v) is 5.49. The van der Waals surface area contributed by atoms with E-state index in [9.17, 15) is 13.2 Å². The first-order valence-electron chi connectivity index (χ1n) is 6.02. The minimum atomic E-state index is -4.41. The molecule has 108 valence electrons. The molecular weight excluding hydrogens is 257 g/mol. The third kappa shape index (κ3) is 5.36. The fraction of sp³-hybridized carbons (Fsp3) is 0.615. The molecule has 3 nitrogen and oxygen atoms in total. The molecule has 1 aromatic rings. The van der Waals surface area contributed by atoms with Crippen molar-refractivity contribution in [2.75, 3.05) is 19.0 Å². The molecule has 0 amide bonds. The molecule has 0 spiro atoms. The summed E-state index contributed by atoms with van der Waals surface area (Å²) in [4.78, 5) is 3.95. The summed E-state index contributed by atoms with van der Waals surface area (Å²) in [5, 5.41) is 2.60. The third-order valence-electron chi connectivity index (χ3n) is 2.49. The molecule has 0 unspecified atom stereocenters. The SMILES string of the molecule is CNc1cc(C(F)(F)F)cc(OCCC(C)(C)C)n1. The van der Waals surface area contributed by atoms with Crippen LogP contribution in [-0.2, 0) is 6.18 Å². The molecule has 0 saturated carbocycles. The van der Waals surface area contributed by atoms with E-state index in [0.29, 0.717) is 6.61 Å². The summed E-state index contributed by atoms with van der Waals surface area (Å²) >= 11 is 0. The largest absolute Gasteiger partial charge is 0.478 e. The van der Waals surface area contributed by atoms with E-state index in [4.69, 9.17) is 4.74 Å². The zero-order valence-electron chi connectivity index (χ0n) is 11.6. The van der Waals surface area contributed by atoms with Gasteiger partial charge >= 0.3 is 6.18 Å². The average Bonchev–Trinajstić information content (AvgIpc) is 2.25. The number of hydrogen-bond donors (Lipinski definition) is 1. The van der Waals surface area contributed by atoms with Crippen LogP contribution in [0.3, 0.4) is 0 Å². The Balaban J connectivity index is 2.83. The lowest BCUT2D eigenvalue weighted by atomic mass is 9.93. The number of rotatable bonds is 4. The zero-order chi connectivity index (χ0) is 14.7. The molecule has 0 bridgehead atoms. The van der Waals surface area contributed by atoms with Gasteiger partial charge in [-0.05, 0) is 17.9 Å². The van der Waals surface area contributed by atoms with Crippen molar-refractivity contribution in [3.05, 3.63) is 17.7 Å². The van der Waals surface area contributed by atoms with Crippen LogP contribution in [0.4, 0.5) is 19.0 Å². The van der Waals surface area contributed by atoms with Crippen molar-refractivity contribution in [2.45, 2.75) is 33.4 Å². The van der Waals surface area contributed by atoms with Crippen molar-refractivity contribution in [2.24, 2.45) is 5.41 Å². The maximum Gasteiger partial charge on any atom is 0.416 e. The molecule has 0 atom stereocenters. The van der Waals surface area contributed by atoms with E-state index in [1.807, 2.05) is 20.8 Å². The number of hydrogen-bond acceptors (Lipinski definition) is 3. The molecule has 0 aromatic carbocycles. The van der Waals surface area contributed by atoms with Crippen LogP contribution in [-0.4, -0.2) is 18.6 Å². The van der Waals surface area contributed by atoms with Crippen LogP contribution >= 0.6 is 0 Å². The Hall–Kier alpha value is -1.46. The molecular formula is C13H19F3N2O. The summed E-state index contributed by atoms with van der Waals surface area (Å²) in [6.45, 7) is 6.44. The van der Waals surface area contributed by atoms with E-state index in [-0.39, 0.29) is 17.1 Å². The molecule has 1 N–H and O–H groups in total. The van der Waals surface area contributed by atoms with Crippen molar-refractivity contribution in [1.29, 1.82) is 0 Å². The van der Waals surface area contributed by atoms with Gasteiger partial charge in [-0.2, -0.15) is 18.2 Å². The number of aromatic nitrogens is 1. The van der Waals surface area contributed by atoms with Gasteiger partial charge in [-0.15, -0.1) is 0 Å². The fourth-order valence-electron chi connectivity index (χ4n) is 1.33. The highest BCUT2D eigenvalue weighted by Gasteiger charge is 2.31. The Morgan fingerprint density at radius 1 is 1.21 bits per heavy atom. The van der Waals surface area contributed by atoms with E-state index >= 15 is 0 Å². The van der Waals surface area contributed by atoms with Gasteiger partial charge in [0.05, 0.1) is 12.2 Å². The van der Waals surface area contributed by atoms with E-state index in [2.05, 4.69) is 10.3 Å². The van der Waals surface area contributed by atoms with Gasteiger partial charge in [0.25, 0.3) is 0 Å². The van der Waals surface area contributed by atoms with Gasteiger partial charge in [0.1, 0.15) is 5.82 Å². The molecule has 0 aliphatic heterocycles. The maximum atomic E-state index is 12.7. The summed E-state index contributed by atoms with van der Waals surface area (Å²) < 4.78 is 43.4. The maximum absolute atomic E-state index is 12.7. The third-order valence-corrected chi connectivity index (χ3v) is 2.49. The fourth-order valence-corrected chi connectivity index (χ4v) is 1.33. The highest BCUT2D eigenvalue weighted by Crippen LogP contribution is 2.32. The average molecular weight is 276 g/mol. The molecule has 1 aromatic heterocycles. The first kappa shape index (κ1) is 15.6. The second kappa shape index (κ2) is 5.67. The number of nitrogens with zero attached hydrogens (tertiary/aromatic N) is 1. The zero-order valence-corrected chi connectivity index (χ0v) is 11.6. The Morgan fingerprint density at radius 3 is 2.32 bits per heavy atom. The predicted octanol–water partition coefficient (Wildman–Crippen LogP) is 3.96. The van der Waals surface area contributed by atoms with Gasteiger partial charge in [0, 0.05) is 13.1 Å². The number of nitrogens with one attached hydrogen (secondary N) is 1. The summed E-state index contributed by atoms with van der Waals surface area (Å²) in [7, 11) is 1.52. The molecule has 19 heavy (non-hydrogen) atoms. The Labute approximate surface area is 111 Å². The van der Waals surface area contributed by atoms with E-state index in [0.717, 1.165) is 18.6 Å². The standard InChI is InChI=1S/C13H19F3N2O/c1-12(2,3)5-6-19-11-8-9(13(14,15)16)7-10(17-4)18-11/h7-8H,5-6H2,1-4H3,(H,17,18). The van der Waals surface area contributed by atoms with Gasteiger partial charge in [0.15, 0.2) is 0 Å². The molecule has 0 radical (unpaired) electrons. The van der Waals surface area contributed by atoms with Crippen LogP contribution in [0.15, 0.2) is 12.1 Å². The van der Waals surface area contributed by atoms with Crippen molar-refractivity contribution < 1.29 is 17.9 Å². The topological polar surface area (TPSA) is 34.1 Å². The molecule has 1 heterocycles. The monoisotopic (exact) mass is 276 g/mol. The molecule has 0 fully saturated rings. The highest BCUT2D eigenvalue weighted by atomic mass is 19.4. The van der Waals surface area contributed by atoms with Crippen LogP contribution in [0.25, 0.3) is 0 Å². The number of alkyl halides is 3. The van der Waals surface area contributed by atoms with Crippen molar-refractivity contribution in [1.82, 2.24) is 4.98 Å². The van der Waals surface area contributed by atoms with Crippen LogP contribution in [0.2, 0.25) is 0 Å². The summed E-state index contributed by atoms with van der Waals surface area (Å²) in [5.41, 5.74) is -0.703. The lowest BCUT2D eigenvalue weighted by molar-refractivity contribution is -0.137. The van der Waals surface area contributed by atoms with Crippen LogP contribution in [0.5, 0.6) is 5.88 Å². The van der Waals surface area contributed by atoms with Crippen molar-refractivity contribution in [3.63, 3.8) is 0 Å². The molecule has 6 heteroatoms. The van der Waals surface area contributed by atoms with Gasteiger partial charge in [-0.3, -0.25) is 0 Å². The second-order valence-electron chi connectivity index (χ2n) is 5.49. The Morgan fingerprint density at radius 2 is 1.84 bits per heavy atom. The highest BCUT2D eigenvalue weighted by molar-refractivity contribution is 5.42. The van der Waals surface area contributed by atoms with Gasteiger partial charge < -0.3 is 10.1 Å². The van der Waals surface area contributed by atoms with Crippen molar-refractivity contribution in [3.8, 4) is 5.88 Å². The normalized spacial score (nSPS) is 12.4. The summed E-state index contributed by atoms with van der Waals surface area (Å²) in [6.07, 6.45) is -3.67. The number of anilines is 1. The quantitative estimate of drug-likeness (QED) is 0.904. The molecule has 0 aliphatic rings. The Bertz CT molecular complexity index is 425. The number of pyridine rings is 1. The lowest BCUT2D eigenvalue weighted by Crippen LogP contribution is -2.13. The summed E-state index contributed by atoms with van der Waals surface area (Å²) in [6, 6.07) is 1.88. The number of ether oxygens (including phenoxy) is 1.